The van der Waals surface area contributed by atoms with Crippen molar-refractivity contribution in [3.8, 4) is 0 Å². The Morgan fingerprint density at radius 2 is 2.06 bits per heavy atom. The average molecular weight is 271 g/mol. The molecule has 4 nitrogen and oxygen atoms in total. The van der Waals surface area contributed by atoms with Crippen LogP contribution in [0.25, 0.3) is 0 Å². The number of benzene rings is 1. The maximum atomic E-state index is 13.3. The lowest BCUT2D eigenvalue weighted by Crippen LogP contribution is -2.41. The molecule has 0 fully saturated rings. The lowest BCUT2D eigenvalue weighted by molar-refractivity contribution is -0.147. The number of carboxylic acid groups (broad SMARTS) is 1. The molecule has 0 spiro atoms. The summed E-state index contributed by atoms with van der Waals surface area (Å²) in [6.45, 7) is 1.42. The van der Waals surface area contributed by atoms with Crippen molar-refractivity contribution >= 4 is 23.6 Å². The molecular weight excluding hydrogens is 257 g/mol. The fourth-order valence-corrected chi connectivity index (χ4v) is 2.05. The summed E-state index contributed by atoms with van der Waals surface area (Å²) in [5, 5.41) is 8.77. The molecule has 1 atom stereocenters. The Morgan fingerprint density at radius 3 is 2.61 bits per heavy atom. The maximum Gasteiger partial charge on any atom is 0.326 e. The van der Waals surface area contributed by atoms with Gasteiger partial charge in [0.05, 0.1) is 5.75 Å². The van der Waals surface area contributed by atoms with Crippen LogP contribution < -0.4 is 0 Å². The number of amides is 1. The van der Waals surface area contributed by atoms with Crippen LogP contribution in [0.4, 0.5) is 4.39 Å². The first kappa shape index (κ1) is 14.5. The molecule has 0 aromatic heterocycles. The van der Waals surface area contributed by atoms with E-state index in [9.17, 15) is 14.0 Å². The third kappa shape index (κ3) is 3.73. The molecule has 0 saturated carbocycles. The molecule has 0 heterocycles. The van der Waals surface area contributed by atoms with Gasteiger partial charge in [-0.15, -0.1) is 11.8 Å². The number of carboxylic acids is 1. The number of carbonyl (C=O) groups excluding carboxylic acids is 1. The summed E-state index contributed by atoms with van der Waals surface area (Å²) in [6.07, 6.45) is 0. The molecule has 1 N–H and O–H groups in total. The van der Waals surface area contributed by atoms with Gasteiger partial charge in [-0.3, -0.25) is 4.79 Å². The SMILES string of the molecule is CC(C(=O)O)N(C)C(=O)CSc1ccccc1F. The number of aliphatic carboxylic acids is 1. The zero-order chi connectivity index (χ0) is 13.7. The highest BCUT2D eigenvalue weighted by atomic mass is 32.2. The second-order valence-electron chi connectivity index (χ2n) is 3.74. The summed E-state index contributed by atoms with van der Waals surface area (Å²) in [6, 6.07) is 5.25. The second kappa shape index (κ2) is 6.39. The number of carbonyl (C=O) groups is 2. The molecule has 0 aliphatic rings. The number of halogens is 1. The van der Waals surface area contributed by atoms with Crippen molar-refractivity contribution in [2.45, 2.75) is 17.9 Å². The van der Waals surface area contributed by atoms with Crippen molar-refractivity contribution < 1.29 is 19.1 Å². The molecule has 0 bridgehead atoms. The van der Waals surface area contributed by atoms with E-state index in [1.807, 2.05) is 0 Å². The number of thioether (sulfide) groups is 1. The highest BCUT2D eigenvalue weighted by molar-refractivity contribution is 8.00. The quantitative estimate of drug-likeness (QED) is 0.830. The largest absolute Gasteiger partial charge is 0.480 e. The topological polar surface area (TPSA) is 57.6 Å². The van der Waals surface area contributed by atoms with Gasteiger partial charge in [0.1, 0.15) is 11.9 Å². The molecule has 0 aliphatic carbocycles. The van der Waals surface area contributed by atoms with E-state index in [4.69, 9.17) is 5.11 Å². The van der Waals surface area contributed by atoms with E-state index in [0.29, 0.717) is 4.90 Å². The van der Waals surface area contributed by atoms with E-state index in [1.54, 1.807) is 18.2 Å². The number of hydrogen-bond donors (Lipinski definition) is 1. The van der Waals surface area contributed by atoms with Gasteiger partial charge < -0.3 is 10.0 Å². The summed E-state index contributed by atoms with van der Waals surface area (Å²) in [4.78, 5) is 23.9. The van der Waals surface area contributed by atoms with Gasteiger partial charge in [0.25, 0.3) is 0 Å². The van der Waals surface area contributed by atoms with Crippen molar-refractivity contribution in [1.82, 2.24) is 4.90 Å². The van der Waals surface area contributed by atoms with Gasteiger partial charge in [0, 0.05) is 11.9 Å². The standard InChI is InChI=1S/C12H14FNO3S/c1-8(12(16)17)14(2)11(15)7-18-10-6-4-3-5-9(10)13/h3-6,8H,7H2,1-2H3,(H,16,17). The fourth-order valence-electron chi connectivity index (χ4n) is 1.18. The zero-order valence-corrected chi connectivity index (χ0v) is 10.9. The van der Waals surface area contributed by atoms with E-state index >= 15 is 0 Å². The molecule has 1 aromatic carbocycles. The average Bonchev–Trinajstić information content (AvgIpc) is 2.35. The van der Waals surface area contributed by atoms with Crippen molar-refractivity contribution in [2.24, 2.45) is 0 Å². The van der Waals surface area contributed by atoms with Gasteiger partial charge in [-0.1, -0.05) is 12.1 Å². The number of nitrogens with zero attached hydrogens (tertiary/aromatic N) is 1. The molecule has 0 aliphatic heterocycles. The minimum absolute atomic E-state index is 0.00898. The number of hydrogen-bond acceptors (Lipinski definition) is 3. The third-order valence-electron chi connectivity index (χ3n) is 2.52. The molecule has 0 saturated heterocycles. The molecule has 18 heavy (non-hydrogen) atoms. The lowest BCUT2D eigenvalue weighted by Gasteiger charge is -2.21. The summed E-state index contributed by atoms with van der Waals surface area (Å²) in [5.74, 6) is -1.79. The fraction of sp³-hybridized carbons (Fsp3) is 0.333. The molecule has 6 heteroatoms. The van der Waals surface area contributed by atoms with Gasteiger partial charge in [-0.25, -0.2) is 9.18 Å². The predicted molar refractivity (Wildman–Crippen MR) is 67.0 cm³/mol. The Hall–Kier alpha value is -1.56. The Bertz CT molecular complexity index is 453. The molecule has 0 radical (unpaired) electrons. The molecule has 1 aromatic rings. The smallest absolute Gasteiger partial charge is 0.326 e. The first-order valence-corrected chi connectivity index (χ1v) is 6.28. The van der Waals surface area contributed by atoms with Crippen LogP contribution in [0.1, 0.15) is 6.92 Å². The van der Waals surface area contributed by atoms with E-state index < -0.39 is 12.0 Å². The van der Waals surface area contributed by atoms with Crippen LogP contribution in [0.3, 0.4) is 0 Å². The molecule has 1 amide bonds. The Morgan fingerprint density at radius 1 is 1.44 bits per heavy atom. The highest BCUT2D eigenvalue weighted by Gasteiger charge is 2.21. The predicted octanol–water partition coefficient (Wildman–Crippen LogP) is 1.85. The third-order valence-corrected chi connectivity index (χ3v) is 3.55. The van der Waals surface area contributed by atoms with Gasteiger partial charge in [-0.2, -0.15) is 0 Å². The van der Waals surface area contributed by atoms with E-state index in [0.717, 1.165) is 16.7 Å². The first-order chi connectivity index (χ1) is 8.43. The molecule has 98 valence electrons. The van der Waals surface area contributed by atoms with Crippen LogP contribution in [0.15, 0.2) is 29.2 Å². The first-order valence-electron chi connectivity index (χ1n) is 5.29. The Balaban J connectivity index is 2.56. The lowest BCUT2D eigenvalue weighted by atomic mass is 10.3. The van der Waals surface area contributed by atoms with Crippen LogP contribution in [-0.4, -0.2) is 40.7 Å². The van der Waals surface area contributed by atoms with Crippen LogP contribution in [-0.2, 0) is 9.59 Å². The van der Waals surface area contributed by atoms with E-state index in [1.165, 1.54) is 20.0 Å². The van der Waals surface area contributed by atoms with Crippen molar-refractivity contribution in [1.29, 1.82) is 0 Å². The molecule has 1 rings (SSSR count). The van der Waals surface area contributed by atoms with Crippen LogP contribution in [0, 0.1) is 5.82 Å². The Kier molecular flexibility index (Phi) is 5.15. The monoisotopic (exact) mass is 271 g/mol. The molecule has 1 unspecified atom stereocenters. The Labute approximate surface area is 109 Å². The van der Waals surface area contributed by atoms with E-state index in [-0.39, 0.29) is 17.5 Å². The summed E-state index contributed by atoms with van der Waals surface area (Å²) < 4.78 is 13.3. The normalized spacial score (nSPS) is 11.9. The van der Waals surface area contributed by atoms with Crippen LogP contribution in [0.5, 0.6) is 0 Å². The van der Waals surface area contributed by atoms with Crippen molar-refractivity contribution in [3.05, 3.63) is 30.1 Å². The van der Waals surface area contributed by atoms with Crippen molar-refractivity contribution in [3.63, 3.8) is 0 Å². The second-order valence-corrected chi connectivity index (χ2v) is 4.76. The highest BCUT2D eigenvalue weighted by Crippen LogP contribution is 2.21. The number of likely N-dealkylation sites (N-methyl/N-ethyl adjacent to an activating group) is 1. The van der Waals surface area contributed by atoms with E-state index in [2.05, 4.69) is 0 Å². The maximum absolute atomic E-state index is 13.3. The zero-order valence-electron chi connectivity index (χ0n) is 10.1. The van der Waals surface area contributed by atoms with Gasteiger partial charge in [0.2, 0.25) is 5.91 Å². The van der Waals surface area contributed by atoms with Crippen molar-refractivity contribution in [2.75, 3.05) is 12.8 Å². The minimum atomic E-state index is -1.07. The van der Waals surface area contributed by atoms with Gasteiger partial charge >= 0.3 is 5.97 Å². The summed E-state index contributed by atoms with van der Waals surface area (Å²) >= 11 is 1.05. The molecular formula is C12H14FNO3S. The van der Waals surface area contributed by atoms with Crippen LogP contribution >= 0.6 is 11.8 Å². The van der Waals surface area contributed by atoms with Crippen LogP contribution in [0.2, 0.25) is 0 Å². The summed E-state index contributed by atoms with van der Waals surface area (Å²) in [7, 11) is 1.42. The number of rotatable bonds is 5. The van der Waals surface area contributed by atoms with Gasteiger partial charge in [0.15, 0.2) is 0 Å². The minimum Gasteiger partial charge on any atom is -0.480 e. The summed E-state index contributed by atoms with van der Waals surface area (Å²) in [5.41, 5.74) is 0. The van der Waals surface area contributed by atoms with Gasteiger partial charge in [-0.05, 0) is 19.1 Å².